The first-order valence-corrected chi connectivity index (χ1v) is 13.3. The molecule has 4 aromatic rings. The van der Waals surface area contributed by atoms with Gasteiger partial charge in [-0.3, -0.25) is 19.8 Å². The van der Waals surface area contributed by atoms with Crippen LogP contribution in [0.25, 0.3) is 6.08 Å². The molecule has 0 atom stereocenters. The minimum atomic E-state index is -0.565. The predicted octanol–water partition coefficient (Wildman–Crippen LogP) is 6.51. The third-order valence-electron chi connectivity index (χ3n) is 6.73. The molecule has 0 aromatic heterocycles. The first-order valence-electron chi connectivity index (χ1n) is 12.9. The summed E-state index contributed by atoms with van der Waals surface area (Å²) in [5.74, 6) is 1.62. The van der Waals surface area contributed by atoms with Crippen molar-refractivity contribution in [1.29, 1.82) is 0 Å². The van der Waals surface area contributed by atoms with Gasteiger partial charge in [0.05, 0.1) is 12.8 Å². The number of amides is 2. The van der Waals surface area contributed by atoms with Crippen LogP contribution >= 0.6 is 12.2 Å². The van der Waals surface area contributed by atoms with Crippen molar-refractivity contribution < 1.29 is 23.8 Å². The lowest BCUT2D eigenvalue weighted by Crippen LogP contribution is -2.54. The number of thiocarbonyl (C=S) groups is 1. The predicted molar refractivity (Wildman–Crippen MR) is 162 cm³/mol. The van der Waals surface area contributed by atoms with Gasteiger partial charge in [-0.2, -0.15) is 0 Å². The quantitative estimate of drug-likeness (QED) is 0.149. The van der Waals surface area contributed by atoms with Gasteiger partial charge in [-0.15, -0.1) is 0 Å². The maximum atomic E-state index is 13.5. The van der Waals surface area contributed by atoms with Crippen LogP contribution in [0.1, 0.15) is 22.3 Å². The van der Waals surface area contributed by atoms with E-state index in [1.54, 1.807) is 49.6 Å². The van der Waals surface area contributed by atoms with Crippen molar-refractivity contribution in [3.05, 3.63) is 119 Å². The summed E-state index contributed by atoms with van der Waals surface area (Å²) in [6, 6.07) is 27.6. The maximum absolute atomic E-state index is 13.5. The number of nitrogens with zero attached hydrogens (tertiary/aromatic N) is 1. The van der Waals surface area contributed by atoms with Crippen molar-refractivity contribution in [2.24, 2.45) is 0 Å². The highest BCUT2D eigenvalue weighted by molar-refractivity contribution is 7.80. The molecule has 41 heavy (non-hydrogen) atoms. The molecule has 8 heteroatoms. The summed E-state index contributed by atoms with van der Waals surface area (Å²) < 4.78 is 17.5. The van der Waals surface area contributed by atoms with Crippen LogP contribution in [-0.2, 0) is 16.2 Å². The van der Waals surface area contributed by atoms with Crippen LogP contribution < -0.4 is 24.4 Å². The molecule has 7 nitrogen and oxygen atoms in total. The first kappa shape index (κ1) is 27.6. The number of hydrogen-bond acceptors (Lipinski definition) is 6. The van der Waals surface area contributed by atoms with Crippen LogP contribution in [0, 0.1) is 13.8 Å². The summed E-state index contributed by atoms with van der Waals surface area (Å²) in [6.45, 7) is 4.29. The molecule has 0 unspecified atom stereocenters. The minimum absolute atomic E-state index is 0.00576. The number of para-hydroxylation sites is 1. The second-order valence-corrected chi connectivity index (χ2v) is 9.81. The molecule has 5 rings (SSSR count). The summed E-state index contributed by atoms with van der Waals surface area (Å²) in [7, 11) is 1.59. The Kier molecular flexibility index (Phi) is 8.12. The number of rotatable bonds is 8. The van der Waals surface area contributed by atoms with Gasteiger partial charge in [-0.05, 0) is 103 Å². The van der Waals surface area contributed by atoms with Crippen molar-refractivity contribution in [1.82, 2.24) is 5.32 Å². The van der Waals surface area contributed by atoms with Crippen LogP contribution in [-0.4, -0.2) is 24.0 Å². The molecule has 0 aliphatic carbocycles. The Morgan fingerprint density at radius 3 is 2.32 bits per heavy atom. The number of hydrogen-bond donors (Lipinski definition) is 1. The van der Waals surface area contributed by atoms with Gasteiger partial charge in [0.15, 0.2) is 5.11 Å². The Labute approximate surface area is 244 Å². The van der Waals surface area contributed by atoms with Crippen LogP contribution in [0.15, 0.2) is 96.6 Å². The van der Waals surface area contributed by atoms with Gasteiger partial charge in [-0.1, -0.05) is 36.4 Å². The smallest absolute Gasteiger partial charge is 0.270 e. The average Bonchev–Trinajstić information content (AvgIpc) is 2.97. The first-order chi connectivity index (χ1) is 19.8. The van der Waals surface area contributed by atoms with Crippen LogP contribution in [0.5, 0.6) is 23.0 Å². The molecule has 4 aromatic carbocycles. The van der Waals surface area contributed by atoms with Crippen molar-refractivity contribution in [3.8, 4) is 23.0 Å². The lowest BCUT2D eigenvalue weighted by molar-refractivity contribution is -0.122. The number of anilines is 1. The van der Waals surface area contributed by atoms with E-state index >= 15 is 0 Å². The number of methoxy groups -OCH3 is 1. The molecule has 1 fully saturated rings. The van der Waals surface area contributed by atoms with Crippen LogP contribution in [0.3, 0.4) is 0 Å². The molecule has 0 radical (unpaired) electrons. The molecular formula is C33H28N2O5S. The zero-order valence-corrected chi connectivity index (χ0v) is 23.7. The van der Waals surface area contributed by atoms with E-state index < -0.39 is 11.8 Å². The highest BCUT2D eigenvalue weighted by Crippen LogP contribution is 2.29. The molecule has 1 aliphatic rings. The molecule has 0 spiro atoms. The van der Waals surface area contributed by atoms with E-state index in [1.165, 1.54) is 4.90 Å². The molecule has 1 N–H and O–H groups in total. The van der Waals surface area contributed by atoms with E-state index in [0.717, 1.165) is 22.4 Å². The minimum Gasteiger partial charge on any atom is -0.496 e. The number of benzene rings is 4. The number of carbonyl (C=O) groups excluding carboxylic acids is 2. The monoisotopic (exact) mass is 564 g/mol. The Morgan fingerprint density at radius 1 is 0.854 bits per heavy atom. The summed E-state index contributed by atoms with van der Waals surface area (Å²) in [4.78, 5) is 27.7. The summed E-state index contributed by atoms with van der Waals surface area (Å²) in [5, 5.41) is 2.63. The summed E-state index contributed by atoms with van der Waals surface area (Å²) >= 11 is 5.35. The second-order valence-electron chi connectivity index (χ2n) is 9.42. The topological polar surface area (TPSA) is 77.1 Å². The molecule has 2 amide bonds. The van der Waals surface area contributed by atoms with E-state index in [-0.39, 0.29) is 17.3 Å². The van der Waals surface area contributed by atoms with E-state index in [0.29, 0.717) is 28.5 Å². The van der Waals surface area contributed by atoms with Gasteiger partial charge >= 0.3 is 0 Å². The number of carbonyl (C=O) groups is 2. The number of nitrogens with one attached hydrogen (secondary N) is 1. The number of aryl methyl sites for hydroxylation is 1. The van der Waals surface area contributed by atoms with Crippen molar-refractivity contribution in [2.75, 3.05) is 12.0 Å². The zero-order valence-electron chi connectivity index (χ0n) is 22.8. The highest BCUT2D eigenvalue weighted by atomic mass is 32.1. The molecule has 0 bridgehead atoms. The molecule has 0 saturated carbocycles. The highest BCUT2D eigenvalue weighted by Gasteiger charge is 2.34. The lowest BCUT2D eigenvalue weighted by Gasteiger charge is -2.29. The third-order valence-corrected chi connectivity index (χ3v) is 7.01. The largest absolute Gasteiger partial charge is 0.496 e. The van der Waals surface area contributed by atoms with Crippen LogP contribution in [0.2, 0.25) is 0 Å². The van der Waals surface area contributed by atoms with Crippen molar-refractivity contribution >= 4 is 40.9 Å². The summed E-state index contributed by atoms with van der Waals surface area (Å²) in [5.41, 5.74) is 4.06. The normalized spacial score (nSPS) is 14.2. The van der Waals surface area contributed by atoms with Crippen LogP contribution in [0.4, 0.5) is 5.69 Å². The zero-order chi connectivity index (χ0) is 28.9. The third kappa shape index (κ3) is 6.13. The van der Waals surface area contributed by atoms with Crippen molar-refractivity contribution in [3.63, 3.8) is 0 Å². The SMILES string of the molecule is COc1ccc(C=C2C(=O)NC(=S)N(c3ccc(Oc4ccccc4)cc3)C2=O)cc1COc1cccc(C)c1C. The Balaban J connectivity index is 1.38. The van der Waals surface area contributed by atoms with E-state index in [9.17, 15) is 9.59 Å². The van der Waals surface area contributed by atoms with Gasteiger partial charge in [0.1, 0.15) is 35.2 Å². The molecule has 1 heterocycles. The molecule has 206 valence electrons. The molecule has 1 aliphatic heterocycles. The van der Waals surface area contributed by atoms with Gasteiger partial charge in [0, 0.05) is 5.56 Å². The lowest BCUT2D eigenvalue weighted by atomic mass is 10.0. The fourth-order valence-electron chi connectivity index (χ4n) is 4.38. The number of ether oxygens (including phenoxy) is 3. The van der Waals surface area contributed by atoms with Gasteiger partial charge in [0.2, 0.25) is 0 Å². The van der Waals surface area contributed by atoms with E-state index in [2.05, 4.69) is 5.32 Å². The Bertz CT molecular complexity index is 1650. The standard InChI is InChI=1S/C33H28N2O5S/c1-21-8-7-11-29(22(21)2)39-20-24-18-23(12-17-30(24)38-3)19-28-31(36)34-33(41)35(32(28)37)25-13-15-27(16-14-25)40-26-9-5-4-6-10-26/h4-19H,20H2,1-3H3,(H,34,36,41). The fraction of sp³-hybridized carbons (Fsp3) is 0.121. The second kappa shape index (κ2) is 12.1. The van der Waals surface area contributed by atoms with Gasteiger partial charge < -0.3 is 14.2 Å². The molecular weight excluding hydrogens is 536 g/mol. The van der Waals surface area contributed by atoms with Gasteiger partial charge in [-0.25, -0.2) is 0 Å². The van der Waals surface area contributed by atoms with E-state index in [1.807, 2.05) is 68.4 Å². The summed E-state index contributed by atoms with van der Waals surface area (Å²) in [6.07, 6.45) is 1.54. The van der Waals surface area contributed by atoms with Gasteiger partial charge in [0.25, 0.3) is 11.8 Å². The maximum Gasteiger partial charge on any atom is 0.270 e. The average molecular weight is 565 g/mol. The van der Waals surface area contributed by atoms with E-state index in [4.69, 9.17) is 26.4 Å². The molecule has 1 saturated heterocycles. The Hall–Kier alpha value is -4.95. The van der Waals surface area contributed by atoms with Crippen molar-refractivity contribution in [2.45, 2.75) is 20.5 Å². The fourth-order valence-corrected chi connectivity index (χ4v) is 4.66. The Morgan fingerprint density at radius 2 is 1.59 bits per heavy atom.